The number of hydrogen-bond donors (Lipinski definition) is 3. The Morgan fingerprint density at radius 3 is 2.58 bits per heavy atom. The van der Waals surface area contributed by atoms with Crippen molar-refractivity contribution < 1.29 is 15.0 Å². The maximum absolute atomic E-state index is 10.6. The van der Waals surface area contributed by atoms with E-state index in [9.17, 15) is 4.79 Å². The fourth-order valence-electron chi connectivity index (χ4n) is 0.982. The van der Waals surface area contributed by atoms with Crippen LogP contribution in [0.15, 0.2) is 18.2 Å². The number of aliphatic hydroxyl groups is 1. The molecule has 0 aliphatic rings. The second-order valence-electron chi connectivity index (χ2n) is 2.34. The van der Waals surface area contributed by atoms with Crippen LogP contribution in [0.25, 0.3) is 0 Å². The molecule has 12 heavy (non-hydrogen) atoms. The van der Waals surface area contributed by atoms with Crippen molar-refractivity contribution in [2.24, 2.45) is 0 Å². The Hall–Kier alpha value is -1.55. The summed E-state index contributed by atoms with van der Waals surface area (Å²) in [5.41, 5.74) is 6.07. The molecule has 0 atom stereocenters. The van der Waals surface area contributed by atoms with Gasteiger partial charge in [0.1, 0.15) is 0 Å². The van der Waals surface area contributed by atoms with Crippen LogP contribution in [0.2, 0.25) is 0 Å². The summed E-state index contributed by atoms with van der Waals surface area (Å²) >= 11 is 0. The van der Waals surface area contributed by atoms with Crippen LogP contribution in [0.5, 0.6) is 0 Å². The molecule has 0 radical (unpaired) electrons. The lowest BCUT2D eigenvalue weighted by molar-refractivity contribution is 0.0693. The van der Waals surface area contributed by atoms with E-state index in [1.165, 1.54) is 12.1 Å². The Morgan fingerprint density at radius 2 is 2.17 bits per heavy atom. The summed E-state index contributed by atoms with van der Waals surface area (Å²) in [4.78, 5) is 10.6. The second-order valence-corrected chi connectivity index (χ2v) is 2.34. The number of carboxylic acid groups (broad SMARTS) is 1. The maximum atomic E-state index is 10.6. The van der Waals surface area contributed by atoms with Gasteiger partial charge in [0.2, 0.25) is 0 Å². The monoisotopic (exact) mass is 167 g/mol. The van der Waals surface area contributed by atoms with Gasteiger partial charge in [0, 0.05) is 11.3 Å². The minimum Gasteiger partial charge on any atom is -0.478 e. The number of anilines is 1. The quantitative estimate of drug-likeness (QED) is 0.559. The number of aromatic carboxylic acids is 1. The fraction of sp³-hybridized carbons (Fsp3) is 0.125. The summed E-state index contributed by atoms with van der Waals surface area (Å²) in [6.07, 6.45) is 0. The summed E-state index contributed by atoms with van der Waals surface area (Å²) < 4.78 is 0. The van der Waals surface area contributed by atoms with Gasteiger partial charge in [-0.2, -0.15) is 0 Å². The van der Waals surface area contributed by atoms with E-state index in [0.29, 0.717) is 5.69 Å². The van der Waals surface area contributed by atoms with E-state index in [2.05, 4.69) is 0 Å². The van der Waals surface area contributed by atoms with Crippen LogP contribution in [0.3, 0.4) is 0 Å². The molecule has 1 aromatic carbocycles. The van der Waals surface area contributed by atoms with Gasteiger partial charge in [-0.1, -0.05) is 6.07 Å². The van der Waals surface area contributed by atoms with Crippen LogP contribution in [0.4, 0.5) is 5.69 Å². The van der Waals surface area contributed by atoms with Crippen molar-refractivity contribution >= 4 is 11.7 Å². The zero-order valence-electron chi connectivity index (χ0n) is 6.32. The van der Waals surface area contributed by atoms with Crippen molar-refractivity contribution in [1.29, 1.82) is 0 Å². The summed E-state index contributed by atoms with van der Waals surface area (Å²) in [6, 6.07) is 4.50. The Morgan fingerprint density at radius 1 is 1.50 bits per heavy atom. The highest BCUT2D eigenvalue weighted by Gasteiger charge is 2.10. The predicted octanol–water partition coefficient (Wildman–Crippen LogP) is 0.459. The highest BCUT2D eigenvalue weighted by molar-refractivity contribution is 5.91. The largest absolute Gasteiger partial charge is 0.478 e. The summed E-state index contributed by atoms with van der Waals surface area (Å²) in [6.45, 7) is -0.353. The molecule has 4 heteroatoms. The number of benzene rings is 1. The smallest absolute Gasteiger partial charge is 0.336 e. The number of nitrogens with two attached hydrogens (primary N) is 1. The molecule has 64 valence electrons. The van der Waals surface area contributed by atoms with Crippen LogP contribution in [-0.2, 0) is 6.61 Å². The van der Waals surface area contributed by atoms with Crippen LogP contribution in [0, 0.1) is 0 Å². The van der Waals surface area contributed by atoms with Crippen molar-refractivity contribution in [3.05, 3.63) is 29.3 Å². The molecule has 0 aliphatic heterocycles. The van der Waals surface area contributed by atoms with Gasteiger partial charge in [-0.15, -0.1) is 0 Å². The van der Waals surface area contributed by atoms with Crippen molar-refractivity contribution in [2.75, 3.05) is 5.73 Å². The van der Waals surface area contributed by atoms with E-state index >= 15 is 0 Å². The molecule has 0 fully saturated rings. The maximum Gasteiger partial charge on any atom is 0.336 e. The van der Waals surface area contributed by atoms with Crippen molar-refractivity contribution in [1.82, 2.24) is 0 Å². The average Bonchev–Trinajstić information content (AvgIpc) is 2.03. The zero-order chi connectivity index (χ0) is 9.14. The van der Waals surface area contributed by atoms with Gasteiger partial charge < -0.3 is 15.9 Å². The van der Waals surface area contributed by atoms with Gasteiger partial charge in [0.05, 0.1) is 12.2 Å². The molecular weight excluding hydrogens is 158 g/mol. The number of rotatable bonds is 2. The number of hydrogen-bond acceptors (Lipinski definition) is 3. The van der Waals surface area contributed by atoms with E-state index in [0.717, 1.165) is 0 Å². The fourth-order valence-corrected chi connectivity index (χ4v) is 0.982. The molecular formula is C8H9NO3. The lowest BCUT2D eigenvalue weighted by atomic mass is 10.1. The summed E-state index contributed by atoms with van der Waals surface area (Å²) in [5, 5.41) is 17.5. The lowest BCUT2D eigenvalue weighted by Crippen LogP contribution is -2.05. The molecule has 0 bridgehead atoms. The highest BCUT2D eigenvalue weighted by Crippen LogP contribution is 2.16. The van der Waals surface area contributed by atoms with Crippen molar-refractivity contribution in [3.8, 4) is 0 Å². The minimum atomic E-state index is -1.08. The van der Waals surface area contributed by atoms with Crippen LogP contribution < -0.4 is 5.73 Å². The molecule has 0 aromatic heterocycles. The highest BCUT2D eigenvalue weighted by atomic mass is 16.4. The molecule has 0 saturated carbocycles. The molecule has 0 amide bonds. The first-order valence-electron chi connectivity index (χ1n) is 3.38. The summed E-state index contributed by atoms with van der Waals surface area (Å²) in [7, 11) is 0. The van der Waals surface area contributed by atoms with Gasteiger partial charge in [-0.05, 0) is 12.1 Å². The first-order chi connectivity index (χ1) is 5.66. The van der Waals surface area contributed by atoms with Crippen LogP contribution in [0.1, 0.15) is 15.9 Å². The Bertz CT molecular complexity index is 309. The molecule has 0 unspecified atom stereocenters. The molecule has 4 N–H and O–H groups in total. The van der Waals surface area contributed by atoms with E-state index in [-0.39, 0.29) is 17.7 Å². The number of carbonyl (C=O) groups is 1. The van der Waals surface area contributed by atoms with E-state index in [1.54, 1.807) is 6.07 Å². The van der Waals surface area contributed by atoms with Gasteiger partial charge in [-0.25, -0.2) is 4.79 Å². The number of aliphatic hydroxyl groups excluding tert-OH is 1. The number of carboxylic acids is 1. The molecule has 0 saturated heterocycles. The van der Waals surface area contributed by atoms with Crippen molar-refractivity contribution in [3.63, 3.8) is 0 Å². The molecule has 1 aromatic rings. The Kier molecular flexibility index (Phi) is 2.30. The van der Waals surface area contributed by atoms with E-state index in [1.807, 2.05) is 0 Å². The normalized spacial score (nSPS) is 9.75. The predicted molar refractivity (Wildman–Crippen MR) is 43.7 cm³/mol. The van der Waals surface area contributed by atoms with Gasteiger partial charge in [0.15, 0.2) is 0 Å². The molecule has 0 aliphatic carbocycles. The third-order valence-corrected chi connectivity index (χ3v) is 1.60. The van der Waals surface area contributed by atoms with Crippen molar-refractivity contribution in [2.45, 2.75) is 6.61 Å². The first-order valence-corrected chi connectivity index (χ1v) is 3.38. The second kappa shape index (κ2) is 3.23. The third-order valence-electron chi connectivity index (χ3n) is 1.60. The van der Waals surface area contributed by atoms with E-state index < -0.39 is 5.97 Å². The van der Waals surface area contributed by atoms with Crippen LogP contribution >= 0.6 is 0 Å². The van der Waals surface area contributed by atoms with Gasteiger partial charge in [-0.3, -0.25) is 0 Å². The average molecular weight is 167 g/mol. The number of nitrogen functional groups attached to an aromatic ring is 1. The van der Waals surface area contributed by atoms with Gasteiger partial charge in [0.25, 0.3) is 0 Å². The van der Waals surface area contributed by atoms with Gasteiger partial charge >= 0.3 is 5.97 Å². The minimum absolute atomic E-state index is 0.0532. The topological polar surface area (TPSA) is 83.6 Å². The standard InChI is InChI=1S/C8H9NO3/c9-7-3-1-2-5(8(11)12)6(7)4-10/h1-3,10H,4,9H2,(H,11,12). The summed E-state index contributed by atoms with van der Waals surface area (Å²) in [5.74, 6) is -1.08. The SMILES string of the molecule is Nc1cccc(C(=O)O)c1CO. The third kappa shape index (κ3) is 1.38. The van der Waals surface area contributed by atoms with E-state index in [4.69, 9.17) is 15.9 Å². The Balaban J connectivity index is 3.27. The molecule has 0 heterocycles. The lowest BCUT2D eigenvalue weighted by Gasteiger charge is -2.04. The Labute approximate surface area is 69.3 Å². The van der Waals surface area contributed by atoms with Crippen LogP contribution in [-0.4, -0.2) is 16.2 Å². The molecule has 4 nitrogen and oxygen atoms in total. The molecule has 1 rings (SSSR count). The molecule has 0 spiro atoms. The zero-order valence-corrected chi connectivity index (χ0v) is 6.32. The first kappa shape index (κ1) is 8.55.